The van der Waals surface area contributed by atoms with Crippen molar-refractivity contribution in [2.45, 2.75) is 31.4 Å². The number of rotatable bonds is 8. The first-order valence-corrected chi connectivity index (χ1v) is 6.19. The van der Waals surface area contributed by atoms with Gasteiger partial charge in [-0.1, -0.05) is 36.4 Å². The number of hydrogen-bond acceptors (Lipinski definition) is 2. The van der Waals surface area contributed by atoms with Crippen LogP contribution in [-0.4, -0.2) is 20.2 Å². The summed E-state index contributed by atoms with van der Waals surface area (Å²) in [6, 6.07) is 10.7. The summed E-state index contributed by atoms with van der Waals surface area (Å²) in [5.41, 5.74) is 1.23. The molecule has 2 unspecified atom stereocenters. The minimum atomic E-state index is 0.117. The van der Waals surface area contributed by atoms with Crippen LogP contribution in [0.25, 0.3) is 0 Å². The molecule has 0 saturated carbocycles. The third-order valence-corrected chi connectivity index (χ3v) is 3.04. The molecule has 0 aliphatic carbocycles. The summed E-state index contributed by atoms with van der Waals surface area (Å²) < 4.78 is 5.63. The van der Waals surface area contributed by atoms with Crippen molar-refractivity contribution in [3.8, 4) is 0 Å². The van der Waals surface area contributed by atoms with Crippen molar-refractivity contribution in [1.29, 1.82) is 0 Å². The lowest BCUT2D eigenvalue weighted by Crippen LogP contribution is -2.33. The maximum atomic E-state index is 5.63. The maximum absolute atomic E-state index is 5.63. The molecule has 0 fully saturated rings. The molecule has 0 aliphatic heterocycles. The first kappa shape index (κ1) is 13.9. The molecule has 0 spiro atoms. The van der Waals surface area contributed by atoms with Crippen molar-refractivity contribution in [1.82, 2.24) is 5.32 Å². The van der Waals surface area contributed by atoms with Gasteiger partial charge < -0.3 is 10.1 Å². The van der Waals surface area contributed by atoms with Gasteiger partial charge in [-0.25, -0.2) is 0 Å². The second kappa shape index (κ2) is 8.04. The van der Waals surface area contributed by atoms with Crippen LogP contribution >= 0.6 is 0 Å². The summed E-state index contributed by atoms with van der Waals surface area (Å²) in [5.74, 6) is 0. The second-order valence-electron chi connectivity index (χ2n) is 4.18. The van der Waals surface area contributed by atoms with Crippen LogP contribution in [0.1, 0.15) is 30.9 Å². The van der Waals surface area contributed by atoms with Crippen molar-refractivity contribution >= 4 is 0 Å². The number of ether oxygens (including phenoxy) is 1. The minimum absolute atomic E-state index is 0.117. The predicted molar refractivity (Wildman–Crippen MR) is 73.1 cm³/mol. The molecule has 1 aromatic carbocycles. The Kier molecular flexibility index (Phi) is 6.60. The summed E-state index contributed by atoms with van der Waals surface area (Å²) in [6.45, 7) is 3.75. The fourth-order valence-electron chi connectivity index (χ4n) is 2.10. The van der Waals surface area contributed by atoms with Gasteiger partial charge in [0.25, 0.3) is 0 Å². The van der Waals surface area contributed by atoms with Crippen LogP contribution in [0, 0.1) is 0 Å². The number of allylic oxidation sites excluding steroid dienone is 1. The summed E-state index contributed by atoms with van der Waals surface area (Å²) >= 11 is 0. The Morgan fingerprint density at radius 1 is 1.35 bits per heavy atom. The van der Waals surface area contributed by atoms with E-state index in [2.05, 4.69) is 36.2 Å². The van der Waals surface area contributed by atoms with Gasteiger partial charge in [-0.2, -0.15) is 0 Å². The fraction of sp³-hybridized carbons (Fsp3) is 0.467. The molecule has 2 heteroatoms. The van der Waals surface area contributed by atoms with E-state index in [4.69, 9.17) is 4.74 Å². The predicted octanol–water partition coefficient (Wildman–Crippen LogP) is 3.32. The van der Waals surface area contributed by atoms with E-state index in [0.717, 1.165) is 19.3 Å². The molecule has 0 saturated heterocycles. The summed E-state index contributed by atoms with van der Waals surface area (Å²) in [7, 11) is 3.77. The zero-order valence-electron chi connectivity index (χ0n) is 10.9. The van der Waals surface area contributed by atoms with Crippen molar-refractivity contribution in [2.75, 3.05) is 14.2 Å². The second-order valence-corrected chi connectivity index (χ2v) is 4.18. The van der Waals surface area contributed by atoms with Crippen molar-refractivity contribution in [3.63, 3.8) is 0 Å². The van der Waals surface area contributed by atoms with Crippen LogP contribution in [0.15, 0.2) is 43.0 Å². The Labute approximate surface area is 105 Å². The maximum Gasteiger partial charge on any atom is 0.0973 e. The van der Waals surface area contributed by atoms with E-state index in [9.17, 15) is 0 Å². The van der Waals surface area contributed by atoms with Gasteiger partial charge in [0.15, 0.2) is 0 Å². The smallest absolute Gasteiger partial charge is 0.0973 e. The lowest BCUT2D eigenvalue weighted by molar-refractivity contribution is 0.0669. The topological polar surface area (TPSA) is 21.3 Å². The van der Waals surface area contributed by atoms with Crippen LogP contribution in [0.4, 0.5) is 0 Å². The minimum Gasteiger partial charge on any atom is -0.375 e. The number of hydrogen-bond donors (Lipinski definition) is 1. The van der Waals surface area contributed by atoms with E-state index in [1.165, 1.54) is 5.56 Å². The molecule has 0 amide bonds. The van der Waals surface area contributed by atoms with Gasteiger partial charge in [-0.15, -0.1) is 6.58 Å². The highest BCUT2D eigenvalue weighted by Gasteiger charge is 2.20. The summed E-state index contributed by atoms with van der Waals surface area (Å²) in [5, 5.41) is 3.35. The van der Waals surface area contributed by atoms with E-state index in [1.54, 1.807) is 7.11 Å². The van der Waals surface area contributed by atoms with E-state index in [-0.39, 0.29) is 6.10 Å². The van der Waals surface area contributed by atoms with Crippen LogP contribution in [0.3, 0.4) is 0 Å². The molecule has 0 radical (unpaired) electrons. The molecule has 0 aliphatic rings. The highest BCUT2D eigenvalue weighted by Crippen LogP contribution is 2.23. The lowest BCUT2D eigenvalue weighted by atomic mass is 9.97. The lowest BCUT2D eigenvalue weighted by Gasteiger charge is -2.26. The Morgan fingerprint density at radius 2 is 2.06 bits per heavy atom. The molecule has 0 heterocycles. The standard InChI is InChI=1S/C15H23NO/c1-4-5-7-12-14(16-2)15(17-3)13-10-8-6-9-11-13/h4,6,8-11,14-16H,1,5,7,12H2,2-3H3. The molecule has 0 bridgehead atoms. The van der Waals surface area contributed by atoms with Gasteiger partial charge in [0, 0.05) is 13.2 Å². The summed E-state index contributed by atoms with van der Waals surface area (Å²) in [6.07, 6.45) is 5.38. The van der Waals surface area contributed by atoms with Crippen LogP contribution < -0.4 is 5.32 Å². The fourth-order valence-corrected chi connectivity index (χ4v) is 2.10. The molecule has 17 heavy (non-hydrogen) atoms. The number of unbranched alkanes of at least 4 members (excludes halogenated alkanes) is 1. The van der Waals surface area contributed by atoms with E-state index >= 15 is 0 Å². The number of likely N-dealkylation sites (N-methyl/N-ethyl adjacent to an activating group) is 1. The highest BCUT2D eigenvalue weighted by atomic mass is 16.5. The first-order valence-electron chi connectivity index (χ1n) is 6.19. The Balaban J connectivity index is 2.66. The Morgan fingerprint density at radius 3 is 2.59 bits per heavy atom. The van der Waals surface area contributed by atoms with E-state index in [1.807, 2.05) is 19.2 Å². The van der Waals surface area contributed by atoms with Gasteiger partial charge in [0.2, 0.25) is 0 Å². The Bertz CT molecular complexity index is 310. The normalized spacial score (nSPS) is 14.2. The molecule has 1 rings (SSSR count). The monoisotopic (exact) mass is 233 g/mol. The quantitative estimate of drug-likeness (QED) is 0.549. The molecule has 2 nitrogen and oxygen atoms in total. The van der Waals surface area contributed by atoms with Crippen molar-refractivity contribution in [3.05, 3.63) is 48.6 Å². The number of nitrogens with one attached hydrogen (secondary N) is 1. The molecular weight excluding hydrogens is 210 g/mol. The number of benzene rings is 1. The van der Waals surface area contributed by atoms with Gasteiger partial charge in [-0.3, -0.25) is 0 Å². The molecule has 0 aromatic heterocycles. The van der Waals surface area contributed by atoms with Crippen LogP contribution in [0.2, 0.25) is 0 Å². The van der Waals surface area contributed by atoms with Gasteiger partial charge in [0.05, 0.1) is 6.10 Å². The number of methoxy groups -OCH3 is 1. The average Bonchev–Trinajstić information content (AvgIpc) is 2.39. The largest absolute Gasteiger partial charge is 0.375 e. The zero-order chi connectivity index (χ0) is 12.5. The van der Waals surface area contributed by atoms with Gasteiger partial charge in [0.1, 0.15) is 0 Å². The molecule has 1 N–H and O–H groups in total. The zero-order valence-corrected chi connectivity index (χ0v) is 10.9. The third kappa shape index (κ3) is 4.33. The van der Waals surface area contributed by atoms with Crippen molar-refractivity contribution in [2.24, 2.45) is 0 Å². The van der Waals surface area contributed by atoms with E-state index < -0.39 is 0 Å². The van der Waals surface area contributed by atoms with Crippen molar-refractivity contribution < 1.29 is 4.74 Å². The SMILES string of the molecule is C=CCCCC(NC)C(OC)c1ccccc1. The van der Waals surface area contributed by atoms with Crippen LogP contribution in [-0.2, 0) is 4.74 Å². The summed E-state index contributed by atoms with van der Waals surface area (Å²) in [4.78, 5) is 0. The molecule has 94 valence electrons. The van der Waals surface area contributed by atoms with E-state index in [0.29, 0.717) is 6.04 Å². The van der Waals surface area contributed by atoms with Gasteiger partial charge in [-0.05, 0) is 31.9 Å². The highest BCUT2D eigenvalue weighted by molar-refractivity contribution is 5.19. The average molecular weight is 233 g/mol. The Hall–Kier alpha value is -1.12. The molecule has 2 atom stereocenters. The molecular formula is C15H23NO. The third-order valence-electron chi connectivity index (χ3n) is 3.04. The molecule has 1 aromatic rings. The first-order chi connectivity index (χ1) is 8.33. The van der Waals surface area contributed by atoms with Gasteiger partial charge >= 0.3 is 0 Å². The van der Waals surface area contributed by atoms with Crippen LogP contribution in [0.5, 0.6) is 0 Å².